The molecule has 0 saturated carbocycles. The highest BCUT2D eigenvalue weighted by atomic mass is 16.5. The second-order valence-corrected chi connectivity index (χ2v) is 7.24. The van der Waals surface area contributed by atoms with Gasteiger partial charge in [-0.3, -0.25) is 0 Å². The molecular formula is C20H27N3O2. The molecule has 5 nitrogen and oxygen atoms in total. The van der Waals surface area contributed by atoms with Crippen molar-refractivity contribution in [3.05, 3.63) is 52.4 Å². The number of urea groups is 1. The zero-order chi connectivity index (χ0) is 18.0. The van der Waals surface area contributed by atoms with Gasteiger partial charge in [-0.05, 0) is 43.7 Å². The number of hydrogen-bond acceptors (Lipinski definition) is 3. The van der Waals surface area contributed by atoms with E-state index in [0.717, 1.165) is 25.1 Å². The summed E-state index contributed by atoms with van der Waals surface area (Å²) in [6, 6.07) is 8.50. The Kier molecular flexibility index (Phi) is 5.11. The number of nitrogens with one attached hydrogen (secondary N) is 1. The lowest BCUT2D eigenvalue weighted by molar-refractivity contribution is 0.191. The molecule has 1 atom stereocenters. The van der Waals surface area contributed by atoms with E-state index in [2.05, 4.69) is 56.4 Å². The normalized spacial score (nSPS) is 17.3. The van der Waals surface area contributed by atoms with E-state index in [1.165, 1.54) is 16.7 Å². The zero-order valence-corrected chi connectivity index (χ0v) is 15.5. The quantitative estimate of drug-likeness (QED) is 0.893. The first-order valence-corrected chi connectivity index (χ1v) is 9.03. The maximum absolute atomic E-state index is 12.7. The van der Waals surface area contributed by atoms with Crippen LogP contribution < -0.4 is 5.32 Å². The first-order valence-electron chi connectivity index (χ1n) is 9.03. The number of carbonyl (C=O) groups is 1. The van der Waals surface area contributed by atoms with E-state index in [-0.39, 0.29) is 12.1 Å². The second kappa shape index (κ2) is 7.30. The van der Waals surface area contributed by atoms with Gasteiger partial charge in [0.05, 0.1) is 18.3 Å². The summed E-state index contributed by atoms with van der Waals surface area (Å²) in [5, 5.41) is 7.02. The van der Waals surface area contributed by atoms with Gasteiger partial charge in [0.1, 0.15) is 0 Å². The molecule has 1 aliphatic rings. The number of nitrogens with zero attached hydrogens (tertiary/aromatic N) is 2. The summed E-state index contributed by atoms with van der Waals surface area (Å²) in [6.07, 6.45) is 2.04. The number of likely N-dealkylation sites (tertiary alicyclic amines) is 1. The molecular weight excluding hydrogens is 314 g/mol. The molecule has 1 aromatic heterocycles. The number of benzene rings is 1. The van der Waals surface area contributed by atoms with Gasteiger partial charge in [-0.15, -0.1) is 0 Å². The van der Waals surface area contributed by atoms with Gasteiger partial charge in [0.2, 0.25) is 0 Å². The molecule has 1 fully saturated rings. The minimum atomic E-state index is -0.0362. The van der Waals surface area contributed by atoms with E-state index in [1.807, 2.05) is 11.0 Å². The molecule has 1 saturated heterocycles. The van der Waals surface area contributed by atoms with E-state index in [4.69, 9.17) is 4.52 Å². The largest absolute Gasteiger partial charge is 0.359 e. The highest BCUT2D eigenvalue weighted by Crippen LogP contribution is 2.34. The Balaban J connectivity index is 1.67. The summed E-state index contributed by atoms with van der Waals surface area (Å²) in [7, 11) is 0. The van der Waals surface area contributed by atoms with Gasteiger partial charge in [0.25, 0.3) is 0 Å². The minimum Gasteiger partial charge on any atom is -0.359 e. The third-order valence-corrected chi connectivity index (χ3v) is 4.89. The van der Waals surface area contributed by atoms with E-state index in [1.54, 1.807) is 0 Å². The fourth-order valence-electron chi connectivity index (χ4n) is 3.40. The van der Waals surface area contributed by atoms with Crippen LogP contribution in [0.25, 0.3) is 0 Å². The first-order chi connectivity index (χ1) is 12.0. The number of rotatable bonds is 4. The summed E-state index contributed by atoms with van der Waals surface area (Å²) in [6.45, 7) is 9.51. The molecule has 25 heavy (non-hydrogen) atoms. The Morgan fingerprint density at radius 3 is 2.88 bits per heavy atom. The Morgan fingerprint density at radius 1 is 1.36 bits per heavy atom. The first kappa shape index (κ1) is 17.5. The second-order valence-electron chi connectivity index (χ2n) is 7.24. The van der Waals surface area contributed by atoms with Crippen molar-refractivity contribution in [1.82, 2.24) is 15.4 Å². The number of hydrogen-bond donors (Lipinski definition) is 1. The smallest absolute Gasteiger partial charge is 0.318 e. The van der Waals surface area contributed by atoms with Crippen LogP contribution in [0.5, 0.6) is 0 Å². The van der Waals surface area contributed by atoms with Crippen molar-refractivity contribution >= 4 is 6.03 Å². The molecule has 2 amide bonds. The number of amides is 2. The predicted molar refractivity (Wildman–Crippen MR) is 97.4 cm³/mol. The van der Waals surface area contributed by atoms with Crippen LogP contribution in [0.3, 0.4) is 0 Å². The number of aryl methyl sites for hydroxylation is 2. The fourth-order valence-corrected chi connectivity index (χ4v) is 3.40. The van der Waals surface area contributed by atoms with Crippen molar-refractivity contribution in [3.8, 4) is 0 Å². The lowest BCUT2D eigenvalue weighted by atomic mass is 9.97. The number of aromatic nitrogens is 1. The fraction of sp³-hybridized carbons (Fsp3) is 0.500. The van der Waals surface area contributed by atoms with Crippen LogP contribution in [-0.4, -0.2) is 22.6 Å². The summed E-state index contributed by atoms with van der Waals surface area (Å²) in [5.74, 6) is 1.01. The van der Waals surface area contributed by atoms with Crippen molar-refractivity contribution in [2.45, 2.75) is 59.0 Å². The van der Waals surface area contributed by atoms with E-state index >= 15 is 0 Å². The predicted octanol–water partition coefficient (Wildman–Crippen LogP) is 4.46. The molecule has 1 unspecified atom stereocenters. The highest BCUT2D eigenvalue weighted by Gasteiger charge is 2.30. The Hall–Kier alpha value is -2.30. The molecule has 0 spiro atoms. The van der Waals surface area contributed by atoms with Gasteiger partial charge in [-0.25, -0.2) is 4.79 Å². The van der Waals surface area contributed by atoms with Gasteiger partial charge in [0.15, 0.2) is 5.76 Å². The average Bonchev–Trinajstić information content (AvgIpc) is 3.24. The van der Waals surface area contributed by atoms with Crippen LogP contribution in [0.4, 0.5) is 4.79 Å². The van der Waals surface area contributed by atoms with Gasteiger partial charge < -0.3 is 14.7 Å². The summed E-state index contributed by atoms with van der Waals surface area (Å²) < 4.78 is 5.30. The van der Waals surface area contributed by atoms with Gasteiger partial charge >= 0.3 is 6.03 Å². The molecule has 2 heterocycles. The Morgan fingerprint density at radius 2 is 2.16 bits per heavy atom. The summed E-state index contributed by atoms with van der Waals surface area (Å²) in [5.41, 5.74) is 4.65. The van der Waals surface area contributed by atoms with E-state index in [9.17, 15) is 4.79 Å². The topological polar surface area (TPSA) is 58.4 Å². The Bertz CT molecular complexity index is 751. The molecule has 0 aliphatic carbocycles. The molecule has 5 heteroatoms. The van der Waals surface area contributed by atoms with Crippen molar-refractivity contribution in [1.29, 1.82) is 0 Å². The minimum absolute atomic E-state index is 0.0362. The summed E-state index contributed by atoms with van der Waals surface area (Å²) in [4.78, 5) is 14.6. The molecule has 134 valence electrons. The van der Waals surface area contributed by atoms with Crippen molar-refractivity contribution in [2.24, 2.45) is 0 Å². The van der Waals surface area contributed by atoms with Crippen molar-refractivity contribution < 1.29 is 9.32 Å². The molecule has 2 aromatic rings. The van der Waals surface area contributed by atoms with Gasteiger partial charge in [0, 0.05) is 12.6 Å². The van der Waals surface area contributed by atoms with Gasteiger partial charge in [-0.2, -0.15) is 0 Å². The Labute approximate surface area is 149 Å². The van der Waals surface area contributed by atoms with Crippen LogP contribution >= 0.6 is 0 Å². The standard InChI is InChI=1S/C20H27N3O2/c1-13(2)18-11-16(25-22-18)12-21-20(24)23-9-5-6-19(23)17-10-14(3)7-8-15(17)4/h7-8,10-11,13,19H,5-6,9,12H2,1-4H3,(H,21,24). The number of carbonyl (C=O) groups excluding carboxylic acids is 1. The van der Waals surface area contributed by atoms with Crippen molar-refractivity contribution in [2.75, 3.05) is 6.54 Å². The van der Waals surface area contributed by atoms with Crippen LogP contribution in [-0.2, 0) is 6.54 Å². The maximum Gasteiger partial charge on any atom is 0.318 e. The molecule has 1 N–H and O–H groups in total. The molecule has 1 aromatic carbocycles. The SMILES string of the molecule is Cc1ccc(C)c(C2CCCN2C(=O)NCc2cc(C(C)C)no2)c1. The van der Waals surface area contributed by atoms with Crippen LogP contribution in [0.2, 0.25) is 0 Å². The van der Waals surface area contributed by atoms with Crippen LogP contribution in [0, 0.1) is 13.8 Å². The van der Waals surface area contributed by atoms with Crippen LogP contribution in [0.1, 0.15) is 66.8 Å². The van der Waals surface area contributed by atoms with Crippen LogP contribution in [0.15, 0.2) is 28.8 Å². The summed E-state index contributed by atoms with van der Waals surface area (Å²) >= 11 is 0. The maximum atomic E-state index is 12.7. The highest BCUT2D eigenvalue weighted by molar-refractivity contribution is 5.75. The lowest BCUT2D eigenvalue weighted by Gasteiger charge is -2.26. The van der Waals surface area contributed by atoms with E-state index in [0.29, 0.717) is 18.2 Å². The third kappa shape index (κ3) is 3.86. The third-order valence-electron chi connectivity index (χ3n) is 4.89. The average molecular weight is 341 g/mol. The van der Waals surface area contributed by atoms with E-state index < -0.39 is 0 Å². The monoisotopic (exact) mass is 341 g/mol. The molecule has 1 aliphatic heterocycles. The van der Waals surface area contributed by atoms with Crippen molar-refractivity contribution in [3.63, 3.8) is 0 Å². The molecule has 0 radical (unpaired) electrons. The zero-order valence-electron chi connectivity index (χ0n) is 15.5. The van der Waals surface area contributed by atoms with Gasteiger partial charge in [-0.1, -0.05) is 42.8 Å². The lowest BCUT2D eigenvalue weighted by Crippen LogP contribution is -2.39. The molecule has 0 bridgehead atoms. The molecule has 3 rings (SSSR count).